The first-order valence-corrected chi connectivity index (χ1v) is 12.4. The molecule has 1 aromatic carbocycles. The number of carbonyl (C=O) groups is 2. The molecule has 1 fully saturated rings. The van der Waals surface area contributed by atoms with Gasteiger partial charge in [-0.25, -0.2) is 4.98 Å². The minimum Gasteiger partial charge on any atom is -0.356 e. The van der Waals surface area contributed by atoms with Crippen molar-refractivity contribution in [3.05, 3.63) is 48.2 Å². The summed E-state index contributed by atoms with van der Waals surface area (Å²) in [5, 5.41) is 3.82. The van der Waals surface area contributed by atoms with Crippen molar-refractivity contribution >= 4 is 29.3 Å². The summed E-state index contributed by atoms with van der Waals surface area (Å²) in [6, 6.07) is 11.3. The number of rotatable bonds is 7. The summed E-state index contributed by atoms with van der Waals surface area (Å²) >= 11 is 1.50. The van der Waals surface area contributed by atoms with Gasteiger partial charge in [0, 0.05) is 43.7 Å². The Balaban J connectivity index is 1.31. The van der Waals surface area contributed by atoms with E-state index < -0.39 is 0 Å². The highest BCUT2D eigenvalue weighted by molar-refractivity contribution is 7.99. The standard InChI is InChI=1S/C25H32N4O2S/c1-18-15-19(2)17-28(16-18)13-6-12-26-23(30)10-14-29-21-8-5-11-27-24(21)32-22-9-4-3-7-20(22)25(29)31/h3-5,7-9,11,18-19H,6,10,12-17H2,1-2H3,(H,26,30). The highest BCUT2D eigenvalue weighted by Gasteiger charge is 2.28. The van der Waals surface area contributed by atoms with Crippen molar-refractivity contribution in [1.29, 1.82) is 0 Å². The number of nitrogens with zero attached hydrogens (tertiary/aromatic N) is 3. The normalized spacial score (nSPS) is 20.9. The number of hydrogen-bond donors (Lipinski definition) is 1. The Morgan fingerprint density at radius 3 is 2.72 bits per heavy atom. The van der Waals surface area contributed by atoms with Gasteiger partial charge in [-0.1, -0.05) is 37.7 Å². The third-order valence-electron chi connectivity index (χ3n) is 6.09. The fraction of sp³-hybridized carbons (Fsp3) is 0.480. The third-order valence-corrected chi connectivity index (χ3v) is 7.18. The lowest BCUT2D eigenvalue weighted by molar-refractivity contribution is -0.120. The van der Waals surface area contributed by atoms with Crippen LogP contribution < -0.4 is 10.2 Å². The summed E-state index contributed by atoms with van der Waals surface area (Å²) in [4.78, 5) is 35.3. The largest absolute Gasteiger partial charge is 0.356 e. The van der Waals surface area contributed by atoms with Crippen molar-refractivity contribution in [2.75, 3.05) is 37.6 Å². The molecule has 3 heterocycles. The van der Waals surface area contributed by atoms with Gasteiger partial charge in [-0.2, -0.15) is 0 Å². The van der Waals surface area contributed by atoms with Gasteiger partial charge in [-0.05, 0) is 55.5 Å². The van der Waals surface area contributed by atoms with Crippen molar-refractivity contribution < 1.29 is 9.59 Å². The number of benzene rings is 1. The lowest BCUT2D eigenvalue weighted by Crippen LogP contribution is -2.40. The van der Waals surface area contributed by atoms with Crippen LogP contribution in [0.2, 0.25) is 0 Å². The van der Waals surface area contributed by atoms with Crippen molar-refractivity contribution in [2.45, 2.75) is 43.0 Å². The Bertz CT molecular complexity index is 956. The summed E-state index contributed by atoms with van der Waals surface area (Å²) in [6.45, 7) is 8.97. The molecule has 2 aliphatic heterocycles. The monoisotopic (exact) mass is 452 g/mol. The molecule has 6 nitrogen and oxygen atoms in total. The molecule has 2 aliphatic rings. The first kappa shape index (κ1) is 22.8. The zero-order valence-electron chi connectivity index (χ0n) is 18.9. The summed E-state index contributed by atoms with van der Waals surface area (Å²) in [6.07, 6.45) is 4.26. The van der Waals surface area contributed by atoms with E-state index in [9.17, 15) is 9.59 Å². The maximum atomic E-state index is 13.2. The lowest BCUT2D eigenvalue weighted by Gasteiger charge is -2.34. The van der Waals surface area contributed by atoms with Crippen molar-refractivity contribution in [2.24, 2.45) is 11.8 Å². The van der Waals surface area contributed by atoms with Gasteiger partial charge in [0.1, 0.15) is 5.03 Å². The van der Waals surface area contributed by atoms with Gasteiger partial charge in [0.05, 0.1) is 11.3 Å². The van der Waals surface area contributed by atoms with Crippen LogP contribution in [0.3, 0.4) is 0 Å². The van der Waals surface area contributed by atoms with Gasteiger partial charge in [-0.3, -0.25) is 9.59 Å². The minimum atomic E-state index is -0.0824. The van der Waals surface area contributed by atoms with Gasteiger partial charge >= 0.3 is 0 Å². The smallest absolute Gasteiger partial charge is 0.259 e. The van der Waals surface area contributed by atoms with E-state index in [1.165, 1.54) is 18.2 Å². The molecule has 1 aromatic heterocycles. The average molecular weight is 453 g/mol. The van der Waals surface area contributed by atoms with Gasteiger partial charge in [0.15, 0.2) is 0 Å². The molecular weight excluding hydrogens is 420 g/mol. The molecule has 2 aromatic rings. The second kappa shape index (κ2) is 10.5. The fourth-order valence-corrected chi connectivity index (χ4v) is 5.80. The fourth-order valence-electron chi connectivity index (χ4n) is 4.79. The number of pyridine rings is 1. The molecule has 1 N–H and O–H groups in total. The molecule has 170 valence electrons. The van der Waals surface area contributed by atoms with Crippen LogP contribution in [0.25, 0.3) is 0 Å². The first-order valence-electron chi connectivity index (χ1n) is 11.5. The van der Waals surface area contributed by atoms with E-state index in [-0.39, 0.29) is 18.2 Å². The molecule has 4 rings (SSSR count). The van der Waals surface area contributed by atoms with Crippen molar-refractivity contribution in [1.82, 2.24) is 15.2 Å². The Labute approximate surface area is 194 Å². The van der Waals surface area contributed by atoms with Crippen LogP contribution in [0.1, 0.15) is 43.5 Å². The first-order chi connectivity index (χ1) is 15.5. The summed E-state index contributed by atoms with van der Waals surface area (Å²) in [5.74, 6) is 1.40. The Morgan fingerprint density at radius 1 is 1.12 bits per heavy atom. The lowest BCUT2D eigenvalue weighted by atomic mass is 9.92. The molecule has 0 aliphatic carbocycles. The molecule has 32 heavy (non-hydrogen) atoms. The highest BCUT2D eigenvalue weighted by atomic mass is 32.2. The number of carbonyl (C=O) groups excluding carboxylic acids is 2. The van der Waals surface area contributed by atoms with Gasteiger partial charge in [0.25, 0.3) is 5.91 Å². The number of piperidine rings is 1. The van der Waals surface area contributed by atoms with E-state index in [0.717, 1.165) is 53.5 Å². The maximum Gasteiger partial charge on any atom is 0.259 e. The van der Waals surface area contributed by atoms with Crippen LogP contribution in [0.15, 0.2) is 52.5 Å². The molecule has 0 saturated carbocycles. The van der Waals surface area contributed by atoms with Crippen LogP contribution in [0.4, 0.5) is 5.69 Å². The number of anilines is 1. The SMILES string of the molecule is CC1CC(C)CN(CCCNC(=O)CCN2C(=O)c3ccccc3Sc3ncccc32)C1. The Kier molecular flexibility index (Phi) is 7.48. The zero-order valence-corrected chi connectivity index (χ0v) is 19.7. The molecule has 2 atom stereocenters. The number of amides is 2. The highest BCUT2D eigenvalue weighted by Crippen LogP contribution is 2.39. The molecule has 1 saturated heterocycles. The van der Waals surface area contributed by atoms with E-state index >= 15 is 0 Å². The molecular formula is C25H32N4O2S. The molecule has 2 amide bonds. The number of hydrogen-bond acceptors (Lipinski definition) is 5. The van der Waals surface area contributed by atoms with Gasteiger partial charge in [0.2, 0.25) is 5.91 Å². The Morgan fingerprint density at radius 2 is 1.91 bits per heavy atom. The predicted octanol–water partition coefficient (Wildman–Crippen LogP) is 4.07. The maximum absolute atomic E-state index is 13.2. The van der Waals surface area contributed by atoms with E-state index in [2.05, 4.69) is 29.0 Å². The van der Waals surface area contributed by atoms with E-state index in [1.54, 1.807) is 11.1 Å². The summed E-state index contributed by atoms with van der Waals surface area (Å²) in [5.41, 5.74) is 1.42. The Hall–Kier alpha value is -2.38. The quantitative estimate of drug-likeness (QED) is 0.642. The summed E-state index contributed by atoms with van der Waals surface area (Å²) in [7, 11) is 0. The molecule has 0 radical (unpaired) electrons. The number of fused-ring (bicyclic) bond motifs is 2. The van der Waals surface area contributed by atoms with Gasteiger partial charge in [-0.15, -0.1) is 0 Å². The van der Waals surface area contributed by atoms with Crippen molar-refractivity contribution in [3.8, 4) is 0 Å². The van der Waals surface area contributed by atoms with E-state index in [1.807, 2.05) is 36.4 Å². The second-order valence-corrected chi connectivity index (χ2v) is 10.1. The van der Waals surface area contributed by atoms with E-state index in [0.29, 0.717) is 18.7 Å². The van der Waals surface area contributed by atoms with Crippen molar-refractivity contribution in [3.63, 3.8) is 0 Å². The topological polar surface area (TPSA) is 65.5 Å². The molecule has 0 bridgehead atoms. The third kappa shape index (κ3) is 5.51. The summed E-state index contributed by atoms with van der Waals surface area (Å²) < 4.78 is 0. The molecule has 0 spiro atoms. The van der Waals surface area contributed by atoms with Crippen LogP contribution in [-0.4, -0.2) is 54.4 Å². The van der Waals surface area contributed by atoms with Crippen LogP contribution in [0, 0.1) is 11.8 Å². The van der Waals surface area contributed by atoms with E-state index in [4.69, 9.17) is 0 Å². The van der Waals surface area contributed by atoms with Gasteiger partial charge < -0.3 is 15.1 Å². The average Bonchev–Trinajstić information content (AvgIpc) is 2.89. The van der Waals surface area contributed by atoms with Crippen LogP contribution >= 0.6 is 11.8 Å². The number of aromatic nitrogens is 1. The minimum absolute atomic E-state index is 0.0196. The second-order valence-electron chi connectivity index (χ2n) is 9.04. The van der Waals surface area contributed by atoms with Crippen LogP contribution in [-0.2, 0) is 4.79 Å². The predicted molar refractivity (Wildman–Crippen MR) is 128 cm³/mol. The van der Waals surface area contributed by atoms with Crippen LogP contribution in [0.5, 0.6) is 0 Å². The zero-order chi connectivity index (χ0) is 22.5. The molecule has 7 heteroatoms. The number of nitrogens with one attached hydrogen (secondary N) is 1. The number of likely N-dealkylation sites (tertiary alicyclic amines) is 1. The molecule has 2 unspecified atom stereocenters.